The number of anilines is 1. The van der Waals surface area contributed by atoms with E-state index in [9.17, 15) is 18.0 Å². The summed E-state index contributed by atoms with van der Waals surface area (Å²) in [6.45, 7) is 4.70. The molecule has 0 aliphatic heterocycles. The van der Waals surface area contributed by atoms with Crippen LogP contribution in [0.25, 0.3) is 0 Å². The Kier molecular flexibility index (Phi) is 5.72. The van der Waals surface area contributed by atoms with Crippen LogP contribution in [0.2, 0.25) is 0 Å². The average molecular weight is 330 g/mol. The fraction of sp³-hybridized carbons (Fsp3) is 0.357. The Labute approximate surface area is 131 Å². The SMILES string of the molecule is CC(C)(C)OC(=O)N/C(=C/Nc1ccccn1)C(=N)C(F)(F)F. The Balaban J connectivity index is 2.94. The van der Waals surface area contributed by atoms with E-state index in [4.69, 9.17) is 10.1 Å². The molecule has 0 aliphatic carbocycles. The maximum Gasteiger partial charge on any atom is 0.434 e. The first-order valence-electron chi connectivity index (χ1n) is 6.53. The van der Waals surface area contributed by atoms with Gasteiger partial charge in [0, 0.05) is 12.4 Å². The standard InChI is InChI=1S/C14H17F3N4O2/c1-13(2,3)23-12(22)21-9(11(18)14(15,16)17)8-20-10-6-4-5-7-19-10/h4-8,18H,1-3H3,(H,19,20)(H,21,22)/b9-8+,18-11?. The van der Waals surface area contributed by atoms with Gasteiger partial charge >= 0.3 is 12.3 Å². The highest BCUT2D eigenvalue weighted by atomic mass is 19.4. The number of carbonyl (C=O) groups is 1. The van der Waals surface area contributed by atoms with Gasteiger partial charge < -0.3 is 10.1 Å². The minimum Gasteiger partial charge on any atom is -0.444 e. The van der Waals surface area contributed by atoms with Gasteiger partial charge in [-0.05, 0) is 32.9 Å². The Morgan fingerprint density at radius 3 is 2.43 bits per heavy atom. The first kappa shape index (κ1) is 18.5. The molecule has 0 aliphatic rings. The van der Waals surface area contributed by atoms with Gasteiger partial charge in [-0.25, -0.2) is 9.78 Å². The zero-order valence-electron chi connectivity index (χ0n) is 12.8. The summed E-state index contributed by atoms with van der Waals surface area (Å²) in [5.74, 6) is 0.256. The van der Waals surface area contributed by atoms with E-state index in [2.05, 4.69) is 10.3 Å². The summed E-state index contributed by atoms with van der Waals surface area (Å²) in [7, 11) is 0. The molecule has 0 spiro atoms. The molecule has 126 valence electrons. The molecule has 0 atom stereocenters. The molecule has 0 radical (unpaired) electrons. The van der Waals surface area contributed by atoms with Crippen LogP contribution >= 0.6 is 0 Å². The third-order valence-corrected chi connectivity index (χ3v) is 2.22. The number of nitrogens with one attached hydrogen (secondary N) is 3. The van der Waals surface area contributed by atoms with Gasteiger partial charge in [-0.2, -0.15) is 13.2 Å². The number of aromatic nitrogens is 1. The van der Waals surface area contributed by atoms with Crippen LogP contribution in [0.1, 0.15) is 20.8 Å². The number of halogens is 3. The predicted octanol–water partition coefficient (Wildman–Crippen LogP) is 3.44. The summed E-state index contributed by atoms with van der Waals surface area (Å²) in [6, 6.07) is 4.77. The number of nitrogens with zero attached hydrogens (tertiary/aromatic N) is 1. The fourth-order valence-electron chi connectivity index (χ4n) is 1.33. The van der Waals surface area contributed by atoms with Gasteiger partial charge in [0.15, 0.2) is 5.71 Å². The summed E-state index contributed by atoms with van der Waals surface area (Å²) >= 11 is 0. The molecule has 0 bridgehead atoms. The summed E-state index contributed by atoms with van der Waals surface area (Å²) in [5.41, 5.74) is -3.38. The lowest BCUT2D eigenvalue weighted by molar-refractivity contribution is -0.0592. The van der Waals surface area contributed by atoms with Crippen LogP contribution in [-0.4, -0.2) is 28.6 Å². The fourth-order valence-corrected chi connectivity index (χ4v) is 1.33. The van der Waals surface area contributed by atoms with E-state index >= 15 is 0 Å². The minimum atomic E-state index is -4.92. The number of pyridine rings is 1. The van der Waals surface area contributed by atoms with Gasteiger partial charge in [0.05, 0.1) is 5.70 Å². The first-order valence-corrected chi connectivity index (χ1v) is 6.53. The number of rotatable bonds is 4. The topological polar surface area (TPSA) is 87.1 Å². The van der Waals surface area contributed by atoms with Crippen molar-refractivity contribution in [1.29, 1.82) is 5.41 Å². The molecule has 0 fully saturated rings. The molecule has 0 saturated carbocycles. The molecule has 3 N–H and O–H groups in total. The third kappa shape index (κ3) is 6.81. The Morgan fingerprint density at radius 1 is 1.30 bits per heavy atom. The van der Waals surface area contributed by atoms with Gasteiger partial charge in [-0.1, -0.05) is 6.07 Å². The Bertz CT molecular complexity index is 592. The molecular formula is C14H17F3N4O2. The number of alkyl halides is 3. The van der Waals surface area contributed by atoms with Crippen LogP contribution in [0, 0.1) is 5.41 Å². The highest BCUT2D eigenvalue weighted by Crippen LogP contribution is 2.20. The third-order valence-electron chi connectivity index (χ3n) is 2.22. The lowest BCUT2D eigenvalue weighted by Gasteiger charge is -2.21. The predicted molar refractivity (Wildman–Crippen MR) is 79.1 cm³/mol. The number of hydrogen-bond donors (Lipinski definition) is 3. The van der Waals surface area contributed by atoms with E-state index in [1.165, 1.54) is 12.3 Å². The van der Waals surface area contributed by atoms with Crippen molar-refractivity contribution >= 4 is 17.6 Å². The van der Waals surface area contributed by atoms with Crippen molar-refractivity contribution in [1.82, 2.24) is 10.3 Å². The summed E-state index contributed by atoms with van der Waals surface area (Å²) in [6.07, 6.45) is -3.75. The summed E-state index contributed by atoms with van der Waals surface area (Å²) in [4.78, 5) is 15.5. The zero-order chi connectivity index (χ0) is 17.7. The molecule has 1 rings (SSSR count). The normalized spacial score (nSPS) is 12.5. The molecule has 0 unspecified atom stereocenters. The van der Waals surface area contributed by atoms with Crippen molar-refractivity contribution in [3.8, 4) is 0 Å². The van der Waals surface area contributed by atoms with Crippen LogP contribution in [0.5, 0.6) is 0 Å². The Morgan fingerprint density at radius 2 is 1.96 bits per heavy atom. The number of alkyl carbamates (subject to hydrolysis) is 1. The highest BCUT2D eigenvalue weighted by Gasteiger charge is 2.37. The molecule has 1 aromatic rings. The smallest absolute Gasteiger partial charge is 0.434 e. The number of hydrogen-bond acceptors (Lipinski definition) is 5. The molecule has 0 saturated heterocycles. The molecule has 1 aromatic heterocycles. The first-order chi connectivity index (χ1) is 10.5. The molecule has 0 aromatic carbocycles. The largest absolute Gasteiger partial charge is 0.444 e. The zero-order valence-corrected chi connectivity index (χ0v) is 12.8. The quantitative estimate of drug-likeness (QED) is 0.738. The van der Waals surface area contributed by atoms with Crippen molar-refractivity contribution in [3.63, 3.8) is 0 Å². The minimum absolute atomic E-state index is 0.256. The van der Waals surface area contributed by atoms with Gasteiger partial charge in [-0.3, -0.25) is 10.7 Å². The lowest BCUT2D eigenvalue weighted by Crippen LogP contribution is -2.38. The van der Waals surface area contributed by atoms with Crippen LogP contribution in [0.3, 0.4) is 0 Å². The summed E-state index contributed by atoms with van der Waals surface area (Å²) < 4.78 is 43.0. The van der Waals surface area contributed by atoms with Crippen LogP contribution in [0.15, 0.2) is 36.3 Å². The van der Waals surface area contributed by atoms with E-state index in [0.717, 1.165) is 6.20 Å². The van der Waals surface area contributed by atoms with Gasteiger partial charge in [0.25, 0.3) is 0 Å². The molecule has 23 heavy (non-hydrogen) atoms. The number of carbonyl (C=O) groups excluding carboxylic acids is 1. The maximum atomic E-state index is 12.7. The lowest BCUT2D eigenvalue weighted by atomic mass is 10.2. The average Bonchev–Trinajstić information content (AvgIpc) is 2.40. The molecular weight excluding hydrogens is 313 g/mol. The Hall–Kier alpha value is -2.58. The van der Waals surface area contributed by atoms with Crippen LogP contribution in [-0.2, 0) is 4.74 Å². The van der Waals surface area contributed by atoms with Gasteiger partial charge in [0.2, 0.25) is 0 Å². The summed E-state index contributed by atoms with van der Waals surface area (Å²) in [5, 5.41) is 11.6. The van der Waals surface area contributed by atoms with Crippen LogP contribution in [0.4, 0.5) is 23.8 Å². The number of allylic oxidation sites excluding steroid dienone is 1. The second-order valence-electron chi connectivity index (χ2n) is 5.42. The van der Waals surface area contributed by atoms with E-state index in [-0.39, 0.29) is 5.82 Å². The highest BCUT2D eigenvalue weighted by molar-refractivity contribution is 6.03. The monoisotopic (exact) mass is 330 g/mol. The second-order valence-corrected chi connectivity index (χ2v) is 5.42. The molecule has 1 heterocycles. The number of amides is 1. The van der Waals surface area contributed by atoms with Crippen molar-refractivity contribution in [3.05, 3.63) is 36.3 Å². The second kappa shape index (κ2) is 7.12. The van der Waals surface area contributed by atoms with Gasteiger partial charge in [-0.15, -0.1) is 0 Å². The van der Waals surface area contributed by atoms with E-state index in [0.29, 0.717) is 0 Å². The number of ether oxygens (including phenoxy) is 1. The van der Waals surface area contributed by atoms with Crippen molar-refractivity contribution in [2.24, 2.45) is 0 Å². The van der Waals surface area contributed by atoms with Crippen molar-refractivity contribution in [2.75, 3.05) is 5.32 Å². The van der Waals surface area contributed by atoms with Crippen LogP contribution < -0.4 is 10.6 Å². The van der Waals surface area contributed by atoms with Gasteiger partial charge in [0.1, 0.15) is 11.4 Å². The van der Waals surface area contributed by atoms with E-state index in [1.54, 1.807) is 32.9 Å². The van der Waals surface area contributed by atoms with Crippen molar-refractivity contribution in [2.45, 2.75) is 32.5 Å². The molecule has 6 nitrogen and oxygen atoms in total. The van der Waals surface area contributed by atoms with Crippen molar-refractivity contribution < 1.29 is 22.7 Å². The molecule has 1 amide bonds. The van der Waals surface area contributed by atoms with E-state index < -0.39 is 29.3 Å². The van der Waals surface area contributed by atoms with E-state index in [1.807, 2.05) is 5.32 Å². The maximum absolute atomic E-state index is 12.7. The molecule has 9 heteroatoms.